The Bertz CT molecular complexity index is 422. The number of anilines is 1. The van der Waals surface area contributed by atoms with Crippen molar-refractivity contribution in [3.8, 4) is 0 Å². The molecule has 0 amide bonds. The standard InChI is InChI=1S/C13H16BrNO/c1-9-7-13(15-5-3-4-6-15)11(10(2)16)8-12(9)14/h7-8H,3-6H2,1-2H3. The maximum atomic E-state index is 11.6. The van der Waals surface area contributed by atoms with E-state index < -0.39 is 0 Å². The molecule has 1 heterocycles. The van der Waals surface area contributed by atoms with Crippen LogP contribution in [0.4, 0.5) is 5.69 Å². The predicted octanol–water partition coefficient (Wildman–Crippen LogP) is 3.56. The molecule has 2 nitrogen and oxygen atoms in total. The first-order valence-electron chi connectivity index (χ1n) is 5.65. The molecule has 1 fully saturated rings. The molecule has 0 unspecified atom stereocenters. The molecule has 1 aliphatic rings. The quantitative estimate of drug-likeness (QED) is 0.773. The average Bonchev–Trinajstić information content (AvgIpc) is 2.74. The highest BCUT2D eigenvalue weighted by Gasteiger charge is 2.18. The number of halogens is 1. The van der Waals surface area contributed by atoms with E-state index in [1.165, 1.54) is 18.4 Å². The van der Waals surface area contributed by atoms with Crippen LogP contribution in [0.5, 0.6) is 0 Å². The summed E-state index contributed by atoms with van der Waals surface area (Å²) in [7, 11) is 0. The molecule has 1 saturated heterocycles. The first kappa shape index (κ1) is 11.6. The van der Waals surface area contributed by atoms with Gasteiger partial charge in [-0.3, -0.25) is 4.79 Å². The van der Waals surface area contributed by atoms with Gasteiger partial charge in [0.25, 0.3) is 0 Å². The highest BCUT2D eigenvalue weighted by atomic mass is 79.9. The van der Waals surface area contributed by atoms with E-state index in [1.54, 1.807) is 6.92 Å². The van der Waals surface area contributed by atoms with Gasteiger partial charge in [0.2, 0.25) is 0 Å². The van der Waals surface area contributed by atoms with Crippen LogP contribution in [0.15, 0.2) is 16.6 Å². The third kappa shape index (κ3) is 2.14. The minimum absolute atomic E-state index is 0.141. The lowest BCUT2D eigenvalue weighted by molar-refractivity contribution is 0.101. The maximum absolute atomic E-state index is 11.6. The van der Waals surface area contributed by atoms with Crippen molar-refractivity contribution in [1.82, 2.24) is 0 Å². The lowest BCUT2D eigenvalue weighted by atomic mass is 10.1. The summed E-state index contributed by atoms with van der Waals surface area (Å²) in [6, 6.07) is 4.07. The Labute approximate surface area is 105 Å². The van der Waals surface area contributed by atoms with E-state index in [0.29, 0.717) is 0 Å². The van der Waals surface area contributed by atoms with Crippen LogP contribution in [0.1, 0.15) is 35.7 Å². The fourth-order valence-electron chi connectivity index (χ4n) is 2.17. The van der Waals surface area contributed by atoms with Gasteiger partial charge in [-0.15, -0.1) is 0 Å². The third-order valence-corrected chi connectivity index (χ3v) is 3.96. The van der Waals surface area contributed by atoms with Gasteiger partial charge in [-0.25, -0.2) is 0 Å². The summed E-state index contributed by atoms with van der Waals surface area (Å²) in [4.78, 5) is 14.0. The normalized spacial score (nSPS) is 15.6. The Hall–Kier alpha value is -0.830. The number of Topliss-reactive ketones (excluding diaryl/α,β-unsaturated/α-hetero) is 1. The molecule has 1 aromatic rings. The predicted molar refractivity (Wildman–Crippen MR) is 70.3 cm³/mol. The molecule has 0 spiro atoms. The summed E-state index contributed by atoms with van der Waals surface area (Å²) in [6.07, 6.45) is 2.46. The number of hydrogen-bond acceptors (Lipinski definition) is 2. The molecule has 2 rings (SSSR count). The monoisotopic (exact) mass is 281 g/mol. The molecule has 0 saturated carbocycles. The summed E-state index contributed by atoms with van der Waals surface area (Å²) in [5, 5.41) is 0. The van der Waals surface area contributed by atoms with Crippen LogP contribution in [-0.4, -0.2) is 18.9 Å². The lowest BCUT2D eigenvalue weighted by Crippen LogP contribution is -2.20. The second-order valence-corrected chi connectivity index (χ2v) is 5.22. The zero-order chi connectivity index (χ0) is 11.7. The molecule has 1 aliphatic heterocycles. The Morgan fingerprint density at radius 2 is 1.94 bits per heavy atom. The van der Waals surface area contributed by atoms with Gasteiger partial charge in [-0.1, -0.05) is 15.9 Å². The second kappa shape index (κ2) is 4.58. The van der Waals surface area contributed by atoms with Gasteiger partial charge in [0.1, 0.15) is 0 Å². The number of aryl methyl sites for hydroxylation is 1. The molecule has 0 radical (unpaired) electrons. The third-order valence-electron chi connectivity index (χ3n) is 3.10. The molecule has 0 N–H and O–H groups in total. The van der Waals surface area contributed by atoms with E-state index in [2.05, 4.69) is 33.8 Å². The van der Waals surface area contributed by atoms with Gasteiger partial charge in [0, 0.05) is 28.8 Å². The van der Waals surface area contributed by atoms with E-state index in [9.17, 15) is 4.79 Å². The largest absolute Gasteiger partial charge is 0.371 e. The van der Waals surface area contributed by atoms with Crippen LogP contribution < -0.4 is 4.90 Å². The SMILES string of the molecule is CC(=O)c1cc(Br)c(C)cc1N1CCCC1. The molecule has 0 aliphatic carbocycles. The minimum atomic E-state index is 0.141. The van der Waals surface area contributed by atoms with Gasteiger partial charge in [-0.05, 0) is 44.4 Å². The summed E-state index contributed by atoms with van der Waals surface area (Å²) >= 11 is 3.49. The number of rotatable bonds is 2. The summed E-state index contributed by atoms with van der Waals surface area (Å²) in [5.41, 5.74) is 3.12. The van der Waals surface area contributed by atoms with Crippen LogP contribution in [-0.2, 0) is 0 Å². The zero-order valence-corrected chi connectivity index (χ0v) is 11.3. The van der Waals surface area contributed by atoms with Crippen molar-refractivity contribution < 1.29 is 4.79 Å². The fraction of sp³-hybridized carbons (Fsp3) is 0.462. The van der Waals surface area contributed by atoms with E-state index in [0.717, 1.165) is 28.8 Å². The fourth-order valence-corrected chi connectivity index (χ4v) is 2.51. The van der Waals surface area contributed by atoms with Crippen molar-refractivity contribution in [2.24, 2.45) is 0 Å². The Balaban J connectivity index is 2.48. The van der Waals surface area contributed by atoms with E-state index >= 15 is 0 Å². The van der Waals surface area contributed by atoms with Gasteiger partial charge >= 0.3 is 0 Å². The van der Waals surface area contributed by atoms with Crippen LogP contribution in [0.3, 0.4) is 0 Å². The average molecular weight is 282 g/mol. The number of benzene rings is 1. The van der Waals surface area contributed by atoms with E-state index in [-0.39, 0.29) is 5.78 Å². The van der Waals surface area contributed by atoms with Crippen LogP contribution in [0.2, 0.25) is 0 Å². The highest BCUT2D eigenvalue weighted by molar-refractivity contribution is 9.10. The molecule has 3 heteroatoms. The van der Waals surface area contributed by atoms with Crippen molar-refractivity contribution in [2.45, 2.75) is 26.7 Å². The van der Waals surface area contributed by atoms with Crippen molar-refractivity contribution >= 4 is 27.4 Å². The molecule has 0 aromatic heterocycles. The van der Waals surface area contributed by atoms with Crippen molar-refractivity contribution in [3.63, 3.8) is 0 Å². The molecular formula is C13H16BrNO. The number of hydrogen-bond donors (Lipinski definition) is 0. The second-order valence-electron chi connectivity index (χ2n) is 4.37. The minimum Gasteiger partial charge on any atom is -0.371 e. The van der Waals surface area contributed by atoms with E-state index in [4.69, 9.17) is 0 Å². The summed E-state index contributed by atoms with van der Waals surface area (Å²) < 4.78 is 1.01. The smallest absolute Gasteiger partial charge is 0.161 e. The number of carbonyl (C=O) groups is 1. The Kier molecular flexibility index (Phi) is 3.33. The number of nitrogens with zero attached hydrogens (tertiary/aromatic N) is 1. The van der Waals surface area contributed by atoms with Gasteiger partial charge in [0.15, 0.2) is 5.78 Å². The first-order chi connectivity index (χ1) is 7.59. The first-order valence-corrected chi connectivity index (χ1v) is 6.45. The van der Waals surface area contributed by atoms with Crippen LogP contribution >= 0.6 is 15.9 Å². The van der Waals surface area contributed by atoms with Gasteiger partial charge in [0.05, 0.1) is 0 Å². The molecule has 1 aromatic carbocycles. The van der Waals surface area contributed by atoms with Crippen molar-refractivity contribution in [2.75, 3.05) is 18.0 Å². The molecule has 16 heavy (non-hydrogen) atoms. The Morgan fingerprint density at radius 3 is 2.50 bits per heavy atom. The van der Waals surface area contributed by atoms with Crippen LogP contribution in [0, 0.1) is 6.92 Å². The Morgan fingerprint density at radius 1 is 1.31 bits per heavy atom. The number of carbonyl (C=O) groups excluding carboxylic acids is 1. The van der Waals surface area contributed by atoms with Crippen molar-refractivity contribution in [3.05, 3.63) is 27.7 Å². The molecule has 0 atom stereocenters. The summed E-state index contributed by atoms with van der Waals surface area (Å²) in [6.45, 7) is 5.84. The van der Waals surface area contributed by atoms with Gasteiger partial charge in [-0.2, -0.15) is 0 Å². The molecule has 86 valence electrons. The highest BCUT2D eigenvalue weighted by Crippen LogP contribution is 2.30. The van der Waals surface area contributed by atoms with Gasteiger partial charge < -0.3 is 4.90 Å². The maximum Gasteiger partial charge on any atom is 0.161 e. The van der Waals surface area contributed by atoms with E-state index in [1.807, 2.05) is 6.07 Å². The topological polar surface area (TPSA) is 20.3 Å². The van der Waals surface area contributed by atoms with Crippen LogP contribution in [0.25, 0.3) is 0 Å². The molecule has 0 bridgehead atoms. The number of ketones is 1. The lowest BCUT2D eigenvalue weighted by Gasteiger charge is -2.21. The summed E-state index contributed by atoms with van der Waals surface area (Å²) in [5.74, 6) is 0.141. The zero-order valence-electron chi connectivity index (χ0n) is 9.72. The van der Waals surface area contributed by atoms with Crippen molar-refractivity contribution in [1.29, 1.82) is 0 Å². The molecular weight excluding hydrogens is 266 g/mol.